The fraction of sp³-hybridized carbons (Fsp3) is 1.00. The highest BCUT2D eigenvalue weighted by Crippen LogP contribution is 2.31. The van der Waals surface area contributed by atoms with E-state index in [2.05, 4.69) is 5.32 Å². The van der Waals surface area contributed by atoms with Crippen LogP contribution in [-0.2, 0) is 10.2 Å². The standard InChI is InChI=1S/C15H31N3O2S/c1-3-11-17(12-4-2)21(19,20)18(15-8-9-15)13-14-7-5-6-10-16-14/h14-16H,3-13H2,1-2H3. The van der Waals surface area contributed by atoms with E-state index in [1.54, 1.807) is 8.61 Å². The average Bonchev–Trinajstić information content (AvgIpc) is 3.30. The van der Waals surface area contributed by atoms with Gasteiger partial charge in [-0.15, -0.1) is 0 Å². The van der Waals surface area contributed by atoms with Crippen LogP contribution < -0.4 is 5.32 Å². The van der Waals surface area contributed by atoms with E-state index in [0.29, 0.717) is 25.7 Å². The van der Waals surface area contributed by atoms with E-state index in [1.165, 1.54) is 12.8 Å². The highest BCUT2D eigenvalue weighted by atomic mass is 32.2. The predicted molar refractivity (Wildman–Crippen MR) is 86.4 cm³/mol. The first-order valence-electron chi connectivity index (χ1n) is 8.59. The van der Waals surface area contributed by atoms with Gasteiger partial charge in [-0.25, -0.2) is 0 Å². The van der Waals surface area contributed by atoms with Gasteiger partial charge in [0.05, 0.1) is 0 Å². The Balaban J connectivity index is 2.07. The summed E-state index contributed by atoms with van der Waals surface area (Å²) in [4.78, 5) is 0. The topological polar surface area (TPSA) is 52.7 Å². The SMILES string of the molecule is CCCN(CCC)S(=O)(=O)N(CC1CCCCN1)C1CC1. The van der Waals surface area contributed by atoms with Gasteiger partial charge in [-0.05, 0) is 45.1 Å². The van der Waals surface area contributed by atoms with Crippen molar-refractivity contribution in [1.29, 1.82) is 0 Å². The summed E-state index contributed by atoms with van der Waals surface area (Å²) in [6, 6.07) is 0.578. The molecule has 1 saturated heterocycles. The van der Waals surface area contributed by atoms with Gasteiger partial charge in [0.25, 0.3) is 10.2 Å². The van der Waals surface area contributed by atoms with Crippen LogP contribution in [0, 0.1) is 0 Å². The molecule has 5 nitrogen and oxygen atoms in total. The molecule has 1 saturated carbocycles. The van der Waals surface area contributed by atoms with Crippen molar-refractivity contribution in [3.05, 3.63) is 0 Å². The lowest BCUT2D eigenvalue weighted by Gasteiger charge is -2.33. The van der Waals surface area contributed by atoms with Crippen LogP contribution in [0.4, 0.5) is 0 Å². The van der Waals surface area contributed by atoms with Gasteiger partial charge in [-0.3, -0.25) is 0 Å². The van der Waals surface area contributed by atoms with E-state index in [1.807, 2.05) is 13.8 Å². The number of hydrogen-bond acceptors (Lipinski definition) is 3. The van der Waals surface area contributed by atoms with Crippen LogP contribution in [-0.4, -0.2) is 55.3 Å². The highest BCUT2D eigenvalue weighted by molar-refractivity contribution is 7.86. The number of nitrogens with one attached hydrogen (secondary N) is 1. The van der Waals surface area contributed by atoms with Gasteiger partial charge in [-0.1, -0.05) is 20.3 Å². The molecule has 6 heteroatoms. The molecule has 1 atom stereocenters. The van der Waals surface area contributed by atoms with Crippen LogP contribution in [0.5, 0.6) is 0 Å². The monoisotopic (exact) mass is 317 g/mol. The first-order chi connectivity index (χ1) is 10.1. The summed E-state index contributed by atoms with van der Waals surface area (Å²) in [5.74, 6) is 0. The molecule has 0 spiro atoms. The Morgan fingerprint density at radius 3 is 2.19 bits per heavy atom. The lowest BCUT2D eigenvalue weighted by molar-refractivity contribution is 0.281. The first-order valence-corrected chi connectivity index (χ1v) is 9.99. The van der Waals surface area contributed by atoms with E-state index in [4.69, 9.17) is 0 Å². The number of nitrogens with zero attached hydrogens (tertiary/aromatic N) is 2. The fourth-order valence-corrected chi connectivity index (χ4v) is 5.16. The molecule has 0 aromatic carbocycles. The third kappa shape index (κ3) is 4.65. The van der Waals surface area contributed by atoms with Gasteiger partial charge in [0.2, 0.25) is 0 Å². The van der Waals surface area contributed by atoms with Gasteiger partial charge in [-0.2, -0.15) is 17.0 Å². The summed E-state index contributed by atoms with van der Waals surface area (Å²) >= 11 is 0. The van der Waals surface area contributed by atoms with Gasteiger partial charge in [0.1, 0.15) is 0 Å². The van der Waals surface area contributed by atoms with Gasteiger partial charge >= 0.3 is 0 Å². The molecule has 2 aliphatic rings. The van der Waals surface area contributed by atoms with Crippen LogP contribution in [0.25, 0.3) is 0 Å². The van der Waals surface area contributed by atoms with Gasteiger partial charge in [0.15, 0.2) is 0 Å². The lowest BCUT2D eigenvalue weighted by Crippen LogP contribution is -2.51. The second kappa shape index (κ2) is 7.90. The molecule has 1 N–H and O–H groups in total. The molecular weight excluding hydrogens is 286 g/mol. The van der Waals surface area contributed by atoms with Crippen LogP contribution in [0.2, 0.25) is 0 Å². The Bertz CT molecular complexity index is 397. The molecule has 1 heterocycles. The zero-order chi connectivity index (χ0) is 15.3. The zero-order valence-electron chi connectivity index (χ0n) is 13.6. The highest BCUT2D eigenvalue weighted by Gasteiger charge is 2.41. The third-order valence-electron chi connectivity index (χ3n) is 4.34. The largest absolute Gasteiger partial charge is 0.313 e. The molecule has 1 aliphatic heterocycles. The van der Waals surface area contributed by atoms with Crippen molar-refractivity contribution in [2.75, 3.05) is 26.2 Å². The normalized spacial score (nSPS) is 23.9. The van der Waals surface area contributed by atoms with Crippen molar-refractivity contribution in [3.8, 4) is 0 Å². The molecular formula is C15H31N3O2S. The van der Waals surface area contributed by atoms with Crippen LogP contribution in [0.3, 0.4) is 0 Å². The third-order valence-corrected chi connectivity index (χ3v) is 6.39. The summed E-state index contributed by atoms with van der Waals surface area (Å²) < 4.78 is 29.5. The Hall–Kier alpha value is -0.170. The molecule has 1 unspecified atom stereocenters. The summed E-state index contributed by atoms with van der Waals surface area (Å²) in [5.41, 5.74) is 0. The maximum absolute atomic E-state index is 13.0. The number of rotatable bonds is 9. The Morgan fingerprint density at radius 2 is 1.71 bits per heavy atom. The van der Waals surface area contributed by atoms with Gasteiger partial charge in [0, 0.05) is 31.7 Å². The van der Waals surface area contributed by atoms with Crippen molar-refractivity contribution in [2.45, 2.75) is 70.9 Å². The summed E-state index contributed by atoms with van der Waals surface area (Å²) in [6.45, 7) is 7.04. The van der Waals surface area contributed by atoms with Crippen molar-refractivity contribution in [2.24, 2.45) is 0 Å². The van der Waals surface area contributed by atoms with E-state index >= 15 is 0 Å². The van der Waals surface area contributed by atoms with Crippen LogP contribution >= 0.6 is 0 Å². The molecule has 2 rings (SSSR count). The van der Waals surface area contributed by atoms with E-state index in [-0.39, 0.29) is 6.04 Å². The quantitative estimate of drug-likeness (QED) is 0.707. The van der Waals surface area contributed by atoms with Crippen molar-refractivity contribution >= 4 is 10.2 Å². The molecule has 0 radical (unpaired) electrons. The zero-order valence-corrected chi connectivity index (χ0v) is 14.4. The molecule has 0 bridgehead atoms. The van der Waals surface area contributed by atoms with E-state index < -0.39 is 10.2 Å². The lowest BCUT2D eigenvalue weighted by atomic mass is 10.1. The molecule has 21 heavy (non-hydrogen) atoms. The fourth-order valence-electron chi connectivity index (χ4n) is 3.08. The number of hydrogen-bond donors (Lipinski definition) is 1. The van der Waals surface area contributed by atoms with Crippen molar-refractivity contribution in [3.63, 3.8) is 0 Å². The molecule has 124 valence electrons. The summed E-state index contributed by atoms with van der Waals surface area (Å²) in [7, 11) is -3.30. The number of piperidine rings is 1. The summed E-state index contributed by atoms with van der Waals surface area (Å²) in [5, 5.41) is 3.48. The maximum Gasteiger partial charge on any atom is 0.282 e. The molecule has 0 aromatic rings. The molecule has 0 amide bonds. The maximum atomic E-state index is 13.0. The van der Waals surface area contributed by atoms with E-state index in [0.717, 1.165) is 38.6 Å². The van der Waals surface area contributed by atoms with Crippen molar-refractivity contribution in [1.82, 2.24) is 13.9 Å². The van der Waals surface area contributed by atoms with E-state index in [9.17, 15) is 8.42 Å². The molecule has 1 aliphatic carbocycles. The van der Waals surface area contributed by atoms with Crippen LogP contribution in [0.1, 0.15) is 58.8 Å². The van der Waals surface area contributed by atoms with Crippen molar-refractivity contribution < 1.29 is 8.42 Å². The smallest absolute Gasteiger partial charge is 0.282 e. The minimum absolute atomic E-state index is 0.245. The minimum Gasteiger partial charge on any atom is -0.313 e. The molecule has 0 aromatic heterocycles. The Kier molecular flexibility index (Phi) is 6.47. The Labute approximate surface area is 130 Å². The van der Waals surface area contributed by atoms with Gasteiger partial charge < -0.3 is 5.32 Å². The average molecular weight is 317 g/mol. The minimum atomic E-state index is -3.30. The predicted octanol–water partition coefficient (Wildman–Crippen LogP) is 1.96. The Morgan fingerprint density at radius 1 is 1.05 bits per heavy atom. The first kappa shape index (κ1) is 17.2. The van der Waals surface area contributed by atoms with Crippen LogP contribution in [0.15, 0.2) is 0 Å². The summed E-state index contributed by atoms with van der Waals surface area (Å²) in [6.07, 6.45) is 7.32. The second-order valence-corrected chi connectivity index (χ2v) is 8.24. The second-order valence-electron chi connectivity index (χ2n) is 6.35. The molecule has 2 fully saturated rings.